The van der Waals surface area contributed by atoms with Gasteiger partial charge in [-0.1, -0.05) is 6.07 Å². The molecule has 0 radical (unpaired) electrons. The summed E-state index contributed by atoms with van der Waals surface area (Å²) in [6, 6.07) is 8.07. The molecule has 88 valence electrons. The summed E-state index contributed by atoms with van der Waals surface area (Å²) in [6.07, 6.45) is 5.24. The number of rotatable bonds is 4. The van der Waals surface area contributed by atoms with Gasteiger partial charge in [0, 0.05) is 10.6 Å². The number of aromatic nitrogens is 2. The van der Waals surface area contributed by atoms with E-state index in [2.05, 4.69) is 32.8 Å². The SMILES string of the molecule is CSc1cccc(Nc2cncc(NN)n2)c1. The Hall–Kier alpha value is -1.79. The molecular formula is C11H13N5S. The van der Waals surface area contributed by atoms with Crippen molar-refractivity contribution < 1.29 is 0 Å². The number of nitrogens with one attached hydrogen (secondary N) is 2. The molecule has 0 unspecified atom stereocenters. The lowest BCUT2D eigenvalue weighted by Crippen LogP contribution is -2.09. The lowest BCUT2D eigenvalue weighted by Gasteiger charge is -2.07. The maximum atomic E-state index is 5.27. The van der Waals surface area contributed by atoms with Crippen molar-refractivity contribution in [2.75, 3.05) is 17.0 Å². The monoisotopic (exact) mass is 247 g/mol. The second kappa shape index (κ2) is 5.51. The van der Waals surface area contributed by atoms with E-state index in [1.165, 1.54) is 4.90 Å². The van der Waals surface area contributed by atoms with Crippen LogP contribution < -0.4 is 16.6 Å². The number of hydrogen-bond acceptors (Lipinski definition) is 6. The second-order valence-electron chi connectivity index (χ2n) is 3.29. The number of benzene rings is 1. The fraction of sp³-hybridized carbons (Fsp3) is 0.0909. The number of nitrogens with zero attached hydrogens (tertiary/aromatic N) is 2. The Morgan fingerprint density at radius 3 is 2.82 bits per heavy atom. The van der Waals surface area contributed by atoms with Crippen LogP contribution in [0.1, 0.15) is 0 Å². The van der Waals surface area contributed by atoms with Gasteiger partial charge in [-0.2, -0.15) is 0 Å². The molecule has 1 aromatic carbocycles. The standard InChI is InChI=1S/C11H13N5S/c1-17-9-4-2-3-8(5-9)14-10-6-13-7-11(15-10)16-12/h2-7H,12H2,1H3,(H2,14,15,16). The molecule has 1 aromatic heterocycles. The average Bonchev–Trinajstić information content (AvgIpc) is 2.39. The minimum atomic E-state index is 0.524. The van der Waals surface area contributed by atoms with Crippen LogP contribution in [0.3, 0.4) is 0 Å². The number of thioether (sulfide) groups is 1. The summed E-state index contributed by atoms with van der Waals surface area (Å²) in [6.45, 7) is 0. The molecule has 6 heteroatoms. The van der Waals surface area contributed by atoms with Crippen molar-refractivity contribution in [2.24, 2.45) is 5.84 Å². The molecule has 0 fully saturated rings. The van der Waals surface area contributed by atoms with Gasteiger partial charge in [-0.3, -0.25) is 4.98 Å². The fourth-order valence-electron chi connectivity index (χ4n) is 1.34. The van der Waals surface area contributed by atoms with Crippen LogP contribution in [0, 0.1) is 0 Å². The maximum absolute atomic E-state index is 5.27. The van der Waals surface area contributed by atoms with Gasteiger partial charge in [-0.05, 0) is 24.5 Å². The highest BCUT2D eigenvalue weighted by atomic mass is 32.2. The minimum Gasteiger partial charge on any atom is -0.339 e. The smallest absolute Gasteiger partial charge is 0.160 e. The molecule has 0 amide bonds. The van der Waals surface area contributed by atoms with E-state index in [1.807, 2.05) is 18.4 Å². The molecular weight excluding hydrogens is 234 g/mol. The number of anilines is 3. The maximum Gasteiger partial charge on any atom is 0.160 e. The molecule has 0 saturated carbocycles. The van der Waals surface area contributed by atoms with Crippen LogP contribution >= 0.6 is 11.8 Å². The van der Waals surface area contributed by atoms with Crippen LogP contribution in [-0.4, -0.2) is 16.2 Å². The van der Waals surface area contributed by atoms with Crippen LogP contribution in [0.15, 0.2) is 41.6 Å². The summed E-state index contributed by atoms with van der Waals surface area (Å²) < 4.78 is 0. The van der Waals surface area contributed by atoms with Crippen molar-refractivity contribution in [1.82, 2.24) is 9.97 Å². The Kier molecular flexibility index (Phi) is 3.79. The highest BCUT2D eigenvalue weighted by molar-refractivity contribution is 7.98. The summed E-state index contributed by atoms with van der Waals surface area (Å²) in [5.74, 6) is 6.45. The van der Waals surface area contributed by atoms with E-state index in [9.17, 15) is 0 Å². The van der Waals surface area contributed by atoms with Gasteiger partial charge in [0.1, 0.15) is 0 Å². The lowest BCUT2D eigenvalue weighted by molar-refractivity contribution is 1.16. The molecule has 1 heterocycles. The number of nitrogens with two attached hydrogens (primary N) is 1. The third-order valence-corrected chi connectivity index (χ3v) is 2.85. The summed E-state index contributed by atoms with van der Waals surface area (Å²) in [5, 5.41) is 3.17. The molecule has 0 atom stereocenters. The predicted octanol–water partition coefficient (Wildman–Crippen LogP) is 2.23. The van der Waals surface area contributed by atoms with Crippen LogP contribution in [0.25, 0.3) is 0 Å². The molecule has 2 aromatic rings. The topological polar surface area (TPSA) is 75.9 Å². The van der Waals surface area contributed by atoms with Crippen LogP contribution in [0.2, 0.25) is 0 Å². The van der Waals surface area contributed by atoms with E-state index in [0.29, 0.717) is 11.6 Å². The Morgan fingerprint density at radius 2 is 2.06 bits per heavy atom. The molecule has 0 spiro atoms. The molecule has 0 aliphatic carbocycles. The summed E-state index contributed by atoms with van der Waals surface area (Å²) in [7, 11) is 0. The van der Waals surface area contributed by atoms with Crippen molar-refractivity contribution in [3.63, 3.8) is 0 Å². The number of hydrazine groups is 1. The van der Waals surface area contributed by atoms with Crippen molar-refractivity contribution in [1.29, 1.82) is 0 Å². The van der Waals surface area contributed by atoms with Gasteiger partial charge in [0.15, 0.2) is 11.6 Å². The van der Waals surface area contributed by atoms with E-state index in [1.54, 1.807) is 24.2 Å². The summed E-state index contributed by atoms with van der Waals surface area (Å²) in [4.78, 5) is 9.44. The molecule has 0 bridgehead atoms. The summed E-state index contributed by atoms with van der Waals surface area (Å²) >= 11 is 1.69. The Morgan fingerprint density at radius 1 is 1.24 bits per heavy atom. The highest BCUT2D eigenvalue weighted by Crippen LogP contribution is 2.21. The quantitative estimate of drug-likeness (QED) is 0.437. The van der Waals surface area contributed by atoms with Crippen molar-refractivity contribution in [3.8, 4) is 0 Å². The largest absolute Gasteiger partial charge is 0.339 e. The molecule has 0 aliphatic heterocycles. The first kappa shape index (κ1) is 11.7. The molecule has 0 saturated heterocycles. The molecule has 0 aliphatic rings. The van der Waals surface area contributed by atoms with E-state index in [-0.39, 0.29) is 0 Å². The van der Waals surface area contributed by atoms with Gasteiger partial charge in [-0.25, -0.2) is 10.8 Å². The first-order chi connectivity index (χ1) is 8.31. The molecule has 17 heavy (non-hydrogen) atoms. The van der Waals surface area contributed by atoms with Crippen LogP contribution in [0.4, 0.5) is 17.3 Å². The van der Waals surface area contributed by atoms with Crippen molar-refractivity contribution >= 4 is 29.1 Å². The van der Waals surface area contributed by atoms with E-state index in [4.69, 9.17) is 5.84 Å². The third-order valence-electron chi connectivity index (χ3n) is 2.12. The fourth-order valence-corrected chi connectivity index (χ4v) is 1.80. The first-order valence-corrected chi connectivity index (χ1v) is 6.24. The van der Waals surface area contributed by atoms with Gasteiger partial charge < -0.3 is 10.7 Å². The Labute approximate surface area is 104 Å². The normalized spacial score (nSPS) is 10.0. The van der Waals surface area contributed by atoms with Gasteiger partial charge in [-0.15, -0.1) is 11.8 Å². The molecule has 4 N–H and O–H groups in total. The first-order valence-electron chi connectivity index (χ1n) is 5.01. The zero-order valence-corrected chi connectivity index (χ0v) is 10.2. The van der Waals surface area contributed by atoms with Crippen LogP contribution in [0.5, 0.6) is 0 Å². The van der Waals surface area contributed by atoms with E-state index >= 15 is 0 Å². The average molecular weight is 247 g/mol. The Bertz CT molecular complexity index is 457. The second-order valence-corrected chi connectivity index (χ2v) is 4.17. The zero-order chi connectivity index (χ0) is 12.1. The minimum absolute atomic E-state index is 0.524. The number of nitrogen functional groups attached to an aromatic ring is 1. The Balaban J connectivity index is 2.18. The van der Waals surface area contributed by atoms with Gasteiger partial charge in [0.2, 0.25) is 0 Å². The lowest BCUT2D eigenvalue weighted by atomic mass is 10.3. The molecule has 2 rings (SSSR count). The van der Waals surface area contributed by atoms with Gasteiger partial charge >= 0.3 is 0 Å². The number of hydrogen-bond donors (Lipinski definition) is 3. The van der Waals surface area contributed by atoms with Crippen molar-refractivity contribution in [2.45, 2.75) is 4.90 Å². The van der Waals surface area contributed by atoms with Crippen LogP contribution in [-0.2, 0) is 0 Å². The zero-order valence-electron chi connectivity index (χ0n) is 9.34. The predicted molar refractivity (Wildman–Crippen MR) is 71.3 cm³/mol. The summed E-state index contributed by atoms with van der Waals surface area (Å²) in [5.41, 5.74) is 3.43. The van der Waals surface area contributed by atoms with E-state index < -0.39 is 0 Å². The highest BCUT2D eigenvalue weighted by Gasteiger charge is 1.99. The molecule has 5 nitrogen and oxygen atoms in total. The van der Waals surface area contributed by atoms with E-state index in [0.717, 1.165) is 5.69 Å². The van der Waals surface area contributed by atoms with Gasteiger partial charge in [0.05, 0.1) is 12.4 Å². The van der Waals surface area contributed by atoms with Crippen molar-refractivity contribution in [3.05, 3.63) is 36.7 Å². The third kappa shape index (κ3) is 3.08. The van der Waals surface area contributed by atoms with Gasteiger partial charge in [0.25, 0.3) is 0 Å².